The van der Waals surface area contributed by atoms with Crippen LogP contribution in [0.15, 0.2) is 75.6 Å². The van der Waals surface area contributed by atoms with Crippen LogP contribution in [0.1, 0.15) is 62.5 Å². The second-order valence-corrected chi connectivity index (χ2v) is 8.90. The van der Waals surface area contributed by atoms with Crippen LogP contribution in [0.3, 0.4) is 0 Å². The minimum Gasteiger partial charge on any atom is -0.326 e. The predicted molar refractivity (Wildman–Crippen MR) is 134 cm³/mol. The maximum Gasteiger partial charge on any atom is 0.248 e. The van der Waals surface area contributed by atoms with Gasteiger partial charge in [0.05, 0.1) is 0 Å². The average molecular weight is 428 g/mol. The molecule has 2 aliphatic carbocycles. The molecule has 0 saturated heterocycles. The molecule has 4 heteroatoms. The number of H-pyrrole nitrogens is 1. The fourth-order valence-electron chi connectivity index (χ4n) is 5.30. The van der Waals surface area contributed by atoms with Gasteiger partial charge in [-0.05, 0) is 62.6 Å². The van der Waals surface area contributed by atoms with Gasteiger partial charge < -0.3 is 10.3 Å². The zero-order valence-electron chi connectivity index (χ0n) is 19.5. The Morgan fingerprint density at radius 3 is 2.75 bits per heavy atom. The fourth-order valence-corrected chi connectivity index (χ4v) is 5.30. The smallest absolute Gasteiger partial charge is 0.248 e. The van der Waals surface area contributed by atoms with Crippen molar-refractivity contribution in [2.45, 2.75) is 52.1 Å². The lowest BCUT2D eigenvalue weighted by molar-refractivity contribution is 0.413. The molecule has 4 nitrogen and oxygen atoms in total. The Hall–Kier alpha value is -2.98. The predicted octanol–water partition coefficient (Wildman–Crippen LogP) is 5.49. The third-order valence-corrected chi connectivity index (χ3v) is 6.70. The summed E-state index contributed by atoms with van der Waals surface area (Å²) in [5.74, 6) is 0.284. The van der Waals surface area contributed by atoms with E-state index >= 15 is 0 Å². The molecule has 0 aliphatic heterocycles. The highest BCUT2D eigenvalue weighted by Gasteiger charge is 2.46. The zero-order chi connectivity index (χ0) is 22.7. The maximum absolute atomic E-state index is 12.0. The van der Waals surface area contributed by atoms with E-state index in [1.807, 2.05) is 18.4 Å². The molecule has 0 saturated carbocycles. The van der Waals surface area contributed by atoms with Crippen molar-refractivity contribution in [3.63, 3.8) is 0 Å². The number of hydrogen-bond acceptors (Lipinski definition) is 3. The van der Waals surface area contributed by atoms with Crippen molar-refractivity contribution >= 4 is 12.3 Å². The lowest BCUT2D eigenvalue weighted by Crippen LogP contribution is -2.40. The number of nitrogens with zero attached hydrogens (tertiary/aromatic N) is 1. The molecule has 166 valence electrons. The minimum atomic E-state index is -0.439. The van der Waals surface area contributed by atoms with Crippen LogP contribution in [0.25, 0.3) is 6.08 Å². The summed E-state index contributed by atoms with van der Waals surface area (Å²) in [4.78, 5) is 20.2. The van der Waals surface area contributed by atoms with E-state index in [-0.39, 0.29) is 11.5 Å². The molecule has 0 amide bonds. The van der Waals surface area contributed by atoms with E-state index in [4.69, 9.17) is 4.99 Å². The summed E-state index contributed by atoms with van der Waals surface area (Å²) >= 11 is 0. The highest BCUT2D eigenvalue weighted by atomic mass is 16.1. The number of aliphatic imine (C=N–C) groups is 1. The first kappa shape index (κ1) is 22.2. The Kier molecular flexibility index (Phi) is 6.43. The van der Waals surface area contributed by atoms with Crippen molar-refractivity contribution < 1.29 is 0 Å². The molecule has 2 bridgehead atoms. The van der Waals surface area contributed by atoms with Crippen molar-refractivity contribution in [2.24, 2.45) is 10.9 Å². The number of nitrogens with one attached hydrogen (secondary N) is 2. The second kappa shape index (κ2) is 9.25. The Balaban J connectivity index is 1.63. The SMILES string of the molecule is C/C=C1\C2C=C(C)CC1(N=C/C=C/c1ccc(C(C)NCC)cc1)c1ccc(=O)[nH]c1C2. The number of benzene rings is 1. The molecule has 0 radical (unpaired) electrons. The number of fused-ring (bicyclic) bond motifs is 4. The van der Waals surface area contributed by atoms with Gasteiger partial charge in [-0.15, -0.1) is 0 Å². The maximum atomic E-state index is 12.0. The second-order valence-electron chi connectivity index (χ2n) is 8.90. The topological polar surface area (TPSA) is 57.2 Å². The van der Waals surface area contributed by atoms with Gasteiger partial charge in [0.1, 0.15) is 5.54 Å². The fraction of sp³-hybridized carbons (Fsp3) is 0.357. The number of rotatable bonds is 6. The monoisotopic (exact) mass is 427 g/mol. The lowest BCUT2D eigenvalue weighted by Gasteiger charge is -2.45. The van der Waals surface area contributed by atoms with Gasteiger partial charge in [-0.25, -0.2) is 0 Å². The first-order valence-electron chi connectivity index (χ1n) is 11.6. The Morgan fingerprint density at radius 1 is 1.25 bits per heavy atom. The van der Waals surface area contributed by atoms with Gasteiger partial charge in [-0.2, -0.15) is 0 Å². The standard InChI is InChI=1S/C28H33N3O/c1-5-24-23-16-19(3)18-28(24,25-13-14-27(32)31-26(25)17-23)30-15-7-8-21-9-11-22(12-10-21)20(4)29-6-2/h5,7-16,20,23,29H,6,17-18H2,1-4H3,(H,31,32)/b8-7+,24-5+,30-15?. The summed E-state index contributed by atoms with van der Waals surface area (Å²) in [6.45, 7) is 9.56. The summed E-state index contributed by atoms with van der Waals surface area (Å²) in [6, 6.07) is 12.6. The van der Waals surface area contributed by atoms with Crippen molar-refractivity contribution in [1.82, 2.24) is 10.3 Å². The Labute approximate surface area is 190 Å². The highest BCUT2D eigenvalue weighted by Crippen LogP contribution is 2.51. The first-order valence-corrected chi connectivity index (χ1v) is 11.6. The van der Waals surface area contributed by atoms with Gasteiger partial charge in [0.2, 0.25) is 5.56 Å². The van der Waals surface area contributed by atoms with E-state index in [2.05, 4.69) is 80.5 Å². The largest absolute Gasteiger partial charge is 0.326 e. The van der Waals surface area contributed by atoms with Crippen molar-refractivity contribution in [2.75, 3.05) is 6.54 Å². The molecule has 32 heavy (non-hydrogen) atoms. The minimum absolute atomic E-state index is 0.0441. The molecular formula is C28H33N3O. The number of pyridine rings is 1. The van der Waals surface area contributed by atoms with Crippen molar-refractivity contribution in [3.05, 3.63) is 98.5 Å². The van der Waals surface area contributed by atoms with Crippen LogP contribution in [0.2, 0.25) is 0 Å². The summed E-state index contributed by atoms with van der Waals surface area (Å²) in [5, 5.41) is 3.44. The number of allylic oxidation sites excluding steroid dienone is 3. The van der Waals surface area contributed by atoms with Crippen LogP contribution < -0.4 is 10.9 Å². The van der Waals surface area contributed by atoms with Gasteiger partial charge in [0.15, 0.2) is 0 Å². The van der Waals surface area contributed by atoms with Crippen molar-refractivity contribution in [3.8, 4) is 0 Å². The summed E-state index contributed by atoms with van der Waals surface area (Å²) in [7, 11) is 0. The molecule has 2 aromatic rings. The van der Waals surface area contributed by atoms with Crippen LogP contribution in [-0.4, -0.2) is 17.7 Å². The summed E-state index contributed by atoms with van der Waals surface area (Å²) in [5.41, 5.74) is 6.78. The summed E-state index contributed by atoms with van der Waals surface area (Å²) in [6.07, 6.45) is 12.3. The van der Waals surface area contributed by atoms with Crippen LogP contribution in [0, 0.1) is 5.92 Å². The van der Waals surface area contributed by atoms with E-state index < -0.39 is 5.54 Å². The van der Waals surface area contributed by atoms with E-state index in [0.717, 1.165) is 36.2 Å². The van der Waals surface area contributed by atoms with Crippen molar-refractivity contribution in [1.29, 1.82) is 0 Å². The Bertz CT molecular complexity index is 1150. The van der Waals surface area contributed by atoms with Gasteiger partial charge in [0.25, 0.3) is 0 Å². The van der Waals surface area contributed by atoms with Gasteiger partial charge in [0, 0.05) is 41.9 Å². The molecule has 3 atom stereocenters. The van der Waals surface area contributed by atoms with Gasteiger partial charge >= 0.3 is 0 Å². The normalized spacial score (nSPS) is 24.7. The van der Waals surface area contributed by atoms with Crippen LogP contribution in [-0.2, 0) is 12.0 Å². The van der Waals surface area contributed by atoms with E-state index in [0.29, 0.717) is 6.04 Å². The molecule has 3 unspecified atom stereocenters. The van der Waals surface area contributed by atoms with E-state index in [1.54, 1.807) is 6.07 Å². The molecule has 1 heterocycles. The average Bonchev–Trinajstić information content (AvgIpc) is 2.76. The van der Waals surface area contributed by atoms with Crippen LogP contribution >= 0.6 is 0 Å². The Morgan fingerprint density at radius 2 is 2.03 bits per heavy atom. The van der Waals surface area contributed by atoms with Gasteiger partial charge in [-0.1, -0.05) is 55.0 Å². The summed E-state index contributed by atoms with van der Waals surface area (Å²) < 4.78 is 0. The van der Waals surface area contributed by atoms with E-state index in [9.17, 15) is 4.79 Å². The molecule has 0 fully saturated rings. The third kappa shape index (κ3) is 4.20. The molecule has 1 aromatic heterocycles. The lowest BCUT2D eigenvalue weighted by atomic mass is 9.63. The molecule has 0 spiro atoms. The highest BCUT2D eigenvalue weighted by molar-refractivity contribution is 5.79. The molecule has 2 N–H and O–H groups in total. The number of aromatic nitrogens is 1. The number of aromatic amines is 1. The third-order valence-electron chi connectivity index (χ3n) is 6.70. The zero-order valence-corrected chi connectivity index (χ0v) is 19.5. The van der Waals surface area contributed by atoms with E-state index in [1.165, 1.54) is 16.7 Å². The molecule has 4 rings (SSSR count). The molecule has 2 aliphatic rings. The molecular weight excluding hydrogens is 394 g/mol. The quantitative estimate of drug-likeness (QED) is 0.473. The number of hydrogen-bond donors (Lipinski definition) is 2. The first-order chi connectivity index (χ1) is 15.5. The van der Waals surface area contributed by atoms with Crippen LogP contribution in [0.5, 0.6) is 0 Å². The van der Waals surface area contributed by atoms with Crippen LogP contribution in [0.4, 0.5) is 0 Å². The molecule has 1 aromatic carbocycles. The van der Waals surface area contributed by atoms with Gasteiger partial charge in [-0.3, -0.25) is 9.79 Å².